The molecule has 0 bridgehead atoms. The normalized spacial score (nSPS) is 10.3. The summed E-state index contributed by atoms with van der Waals surface area (Å²) in [4.78, 5) is 12.4. The smallest absolute Gasteiger partial charge is 0.194 e. The Labute approximate surface area is 124 Å². The molecule has 2 aromatic carbocycles. The molecule has 0 radical (unpaired) electrons. The molecular weight excluding hydrogens is 358 g/mol. The monoisotopic (exact) mass is 370 g/mol. The molecule has 0 aliphatic heterocycles. The van der Waals surface area contributed by atoms with E-state index in [1.54, 1.807) is 12.1 Å². The number of halogens is 2. The second-order valence-corrected chi connectivity index (χ2v) is 5.19. The van der Waals surface area contributed by atoms with Crippen LogP contribution in [0.15, 0.2) is 36.4 Å². The highest BCUT2D eigenvalue weighted by Crippen LogP contribution is 2.23. The van der Waals surface area contributed by atoms with E-state index >= 15 is 0 Å². The SMILES string of the molecule is COc1ccc(C(=O)c2cccc(C)c2I)cc1F. The van der Waals surface area contributed by atoms with Crippen molar-refractivity contribution >= 4 is 28.4 Å². The molecule has 2 nitrogen and oxygen atoms in total. The molecular formula is C15H12FIO2. The molecule has 0 atom stereocenters. The van der Waals surface area contributed by atoms with Gasteiger partial charge in [-0.1, -0.05) is 12.1 Å². The van der Waals surface area contributed by atoms with Crippen LogP contribution >= 0.6 is 22.6 Å². The van der Waals surface area contributed by atoms with Gasteiger partial charge in [0, 0.05) is 14.7 Å². The van der Waals surface area contributed by atoms with Gasteiger partial charge in [0.1, 0.15) is 0 Å². The van der Waals surface area contributed by atoms with Crippen molar-refractivity contribution in [3.63, 3.8) is 0 Å². The predicted molar refractivity (Wildman–Crippen MR) is 80.3 cm³/mol. The number of carbonyl (C=O) groups excluding carboxylic acids is 1. The molecule has 0 fully saturated rings. The molecule has 0 N–H and O–H groups in total. The zero-order valence-electron chi connectivity index (χ0n) is 10.5. The fourth-order valence-electron chi connectivity index (χ4n) is 1.79. The number of aryl methyl sites for hydroxylation is 1. The van der Waals surface area contributed by atoms with E-state index in [1.165, 1.54) is 19.2 Å². The molecule has 19 heavy (non-hydrogen) atoms. The first-order chi connectivity index (χ1) is 9.04. The lowest BCUT2D eigenvalue weighted by Crippen LogP contribution is -2.05. The minimum absolute atomic E-state index is 0.135. The number of methoxy groups -OCH3 is 1. The van der Waals surface area contributed by atoms with E-state index < -0.39 is 5.82 Å². The van der Waals surface area contributed by atoms with Gasteiger partial charge in [-0.05, 0) is 59.3 Å². The van der Waals surface area contributed by atoms with Crippen molar-refractivity contribution in [1.29, 1.82) is 0 Å². The van der Waals surface area contributed by atoms with Crippen LogP contribution in [0.4, 0.5) is 4.39 Å². The van der Waals surface area contributed by atoms with E-state index in [9.17, 15) is 9.18 Å². The van der Waals surface area contributed by atoms with Crippen LogP contribution < -0.4 is 4.74 Å². The summed E-state index contributed by atoms with van der Waals surface area (Å²) >= 11 is 2.13. The van der Waals surface area contributed by atoms with Crippen LogP contribution in [0.1, 0.15) is 21.5 Å². The average Bonchev–Trinajstić information content (AvgIpc) is 2.41. The minimum atomic E-state index is -0.531. The Hall–Kier alpha value is -1.43. The number of rotatable bonds is 3. The Morgan fingerprint density at radius 2 is 2.00 bits per heavy atom. The summed E-state index contributed by atoms with van der Waals surface area (Å²) in [6, 6.07) is 9.75. The van der Waals surface area contributed by atoms with Crippen molar-refractivity contribution in [2.45, 2.75) is 6.92 Å². The van der Waals surface area contributed by atoms with Crippen molar-refractivity contribution < 1.29 is 13.9 Å². The third-order valence-corrected chi connectivity index (χ3v) is 4.28. The van der Waals surface area contributed by atoms with Gasteiger partial charge in [-0.25, -0.2) is 4.39 Å². The third-order valence-electron chi connectivity index (χ3n) is 2.85. The van der Waals surface area contributed by atoms with Gasteiger partial charge in [-0.15, -0.1) is 0 Å². The quantitative estimate of drug-likeness (QED) is 0.604. The number of ether oxygens (including phenoxy) is 1. The molecule has 0 spiro atoms. The van der Waals surface area contributed by atoms with Gasteiger partial charge in [0.05, 0.1) is 7.11 Å². The molecule has 0 aliphatic carbocycles. The van der Waals surface area contributed by atoms with Gasteiger partial charge < -0.3 is 4.74 Å². The second-order valence-electron chi connectivity index (χ2n) is 4.11. The lowest BCUT2D eigenvalue weighted by atomic mass is 10.0. The van der Waals surface area contributed by atoms with Gasteiger partial charge in [-0.3, -0.25) is 4.79 Å². The topological polar surface area (TPSA) is 26.3 Å². The lowest BCUT2D eigenvalue weighted by Gasteiger charge is -2.08. The summed E-state index contributed by atoms with van der Waals surface area (Å²) in [5, 5.41) is 0. The highest BCUT2D eigenvalue weighted by atomic mass is 127. The van der Waals surface area contributed by atoms with E-state index in [1.807, 2.05) is 19.1 Å². The van der Waals surface area contributed by atoms with Crippen LogP contribution in [0, 0.1) is 16.3 Å². The molecule has 0 saturated heterocycles. The second kappa shape index (κ2) is 5.69. The molecule has 2 aromatic rings. The first kappa shape index (κ1) is 14.0. The fraction of sp³-hybridized carbons (Fsp3) is 0.133. The Morgan fingerprint density at radius 3 is 2.63 bits per heavy atom. The van der Waals surface area contributed by atoms with Crippen molar-refractivity contribution in [2.24, 2.45) is 0 Å². The van der Waals surface area contributed by atoms with Crippen LogP contribution in [-0.4, -0.2) is 12.9 Å². The Kier molecular flexibility index (Phi) is 4.19. The third kappa shape index (κ3) is 2.78. The number of hydrogen-bond acceptors (Lipinski definition) is 2. The number of hydrogen-bond donors (Lipinski definition) is 0. The Morgan fingerprint density at radius 1 is 1.26 bits per heavy atom. The van der Waals surface area contributed by atoms with Gasteiger partial charge in [0.25, 0.3) is 0 Å². The van der Waals surface area contributed by atoms with Crippen LogP contribution in [-0.2, 0) is 0 Å². The molecule has 2 rings (SSSR count). The molecule has 0 amide bonds. The predicted octanol–water partition coefficient (Wildman–Crippen LogP) is 3.98. The molecule has 0 saturated carbocycles. The van der Waals surface area contributed by atoms with Crippen molar-refractivity contribution in [1.82, 2.24) is 0 Å². The summed E-state index contributed by atoms with van der Waals surface area (Å²) in [6.07, 6.45) is 0. The fourth-order valence-corrected chi connectivity index (χ4v) is 2.39. The van der Waals surface area contributed by atoms with E-state index in [-0.39, 0.29) is 11.5 Å². The molecule has 4 heteroatoms. The van der Waals surface area contributed by atoms with Crippen molar-refractivity contribution in [3.8, 4) is 5.75 Å². The van der Waals surface area contributed by atoms with Gasteiger partial charge >= 0.3 is 0 Å². The summed E-state index contributed by atoms with van der Waals surface area (Å²) in [5.41, 5.74) is 1.94. The van der Waals surface area contributed by atoms with Crippen LogP contribution in [0.25, 0.3) is 0 Å². The lowest BCUT2D eigenvalue weighted by molar-refractivity contribution is 0.103. The van der Waals surface area contributed by atoms with Crippen LogP contribution in [0.5, 0.6) is 5.75 Å². The summed E-state index contributed by atoms with van der Waals surface area (Å²) < 4.78 is 19.4. The highest BCUT2D eigenvalue weighted by molar-refractivity contribution is 14.1. The summed E-state index contributed by atoms with van der Waals surface area (Å²) in [7, 11) is 1.39. The summed E-state index contributed by atoms with van der Waals surface area (Å²) in [5.74, 6) is -0.582. The summed E-state index contributed by atoms with van der Waals surface area (Å²) in [6.45, 7) is 1.94. The van der Waals surface area contributed by atoms with Gasteiger partial charge in [0.2, 0.25) is 0 Å². The van der Waals surface area contributed by atoms with Gasteiger partial charge in [-0.2, -0.15) is 0 Å². The van der Waals surface area contributed by atoms with Crippen LogP contribution in [0.3, 0.4) is 0 Å². The largest absolute Gasteiger partial charge is 0.494 e. The maximum atomic E-state index is 13.6. The average molecular weight is 370 g/mol. The van der Waals surface area contributed by atoms with E-state index in [0.717, 1.165) is 9.13 Å². The zero-order valence-corrected chi connectivity index (χ0v) is 12.7. The molecule has 0 heterocycles. The minimum Gasteiger partial charge on any atom is -0.494 e. The maximum absolute atomic E-state index is 13.6. The van der Waals surface area contributed by atoms with Crippen LogP contribution in [0.2, 0.25) is 0 Å². The van der Waals surface area contributed by atoms with E-state index in [4.69, 9.17) is 4.74 Å². The Balaban J connectivity index is 2.44. The maximum Gasteiger partial charge on any atom is 0.194 e. The first-order valence-corrected chi connectivity index (χ1v) is 6.76. The number of benzene rings is 2. The first-order valence-electron chi connectivity index (χ1n) is 5.68. The van der Waals surface area contributed by atoms with Crippen molar-refractivity contribution in [2.75, 3.05) is 7.11 Å². The number of ketones is 1. The van der Waals surface area contributed by atoms with Gasteiger partial charge in [0.15, 0.2) is 17.3 Å². The Bertz CT molecular complexity index is 638. The van der Waals surface area contributed by atoms with Crippen molar-refractivity contribution in [3.05, 3.63) is 62.5 Å². The number of carbonyl (C=O) groups is 1. The van der Waals surface area contributed by atoms with E-state index in [2.05, 4.69) is 22.6 Å². The standard InChI is InChI=1S/C15H12FIO2/c1-9-4-3-5-11(14(9)17)15(18)10-6-7-13(19-2)12(16)8-10/h3-8H,1-2H3. The molecule has 98 valence electrons. The molecule has 0 aliphatic rings. The van der Waals surface area contributed by atoms with E-state index in [0.29, 0.717) is 11.1 Å². The molecule has 0 unspecified atom stereocenters. The highest BCUT2D eigenvalue weighted by Gasteiger charge is 2.15. The molecule has 0 aromatic heterocycles. The zero-order chi connectivity index (χ0) is 14.0.